The van der Waals surface area contributed by atoms with Crippen molar-refractivity contribution < 1.29 is 4.43 Å². The highest BCUT2D eigenvalue weighted by Gasteiger charge is 2.47. The minimum absolute atomic E-state index is 0.541. The summed E-state index contributed by atoms with van der Waals surface area (Å²) in [6, 6.07) is 3.81. The van der Waals surface area contributed by atoms with E-state index in [1.165, 1.54) is 0 Å². The zero-order chi connectivity index (χ0) is 15.7. The molecule has 5 heteroatoms. The molecule has 0 aliphatic rings. The van der Waals surface area contributed by atoms with Crippen LogP contribution in [-0.2, 0) is 0 Å². The topological polar surface area (TPSA) is 35.2 Å². The Hall–Kier alpha value is -0.00312. The number of hydrogen-bond donors (Lipinski definition) is 1. The average molecular weight is 423 g/mol. The van der Waals surface area contributed by atoms with Crippen molar-refractivity contribution in [2.75, 3.05) is 5.73 Å². The summed E-state index contributed by atoms with van der Waals surface area (Å²) < 4.78 is 8.53. The molecule has 0 aliphatic carbocycles. The molecule has 1 aromatic rings. The van der Waals surface area contributed by atoms with Gasteiger partial charge in [-0.2, -0.15) is 0 Å². The molecule has 0 fully saturated rings. The molecule has 20 heavy (non-hydrogen) atoms. The van der Waals surface area contributed by atoms with Crippen molar-refractivity contribution in [3.8, 4) is 5.75 Å². The van der Waals surface area contributed by atoms with Crippen molar-refractivity contribution in [3.63, 3.8) is 0 Å². The largest absolute Gasteiger partial charge is 0.541 e. The predicted octanol–water partition coefficient (Wildman–Crippen LogP) is 6.35. The molecule has 0 amide bonds. The molecule has 2 nitrogen and oxygen atoms in total. The van der Waals surface area contributed by atoms with E-state index in [2.05, 4.69) is 73.4 Å². The summed E-state index contributed by atoms with van der Waals surface area (Å²) in [5.74, 6) is 0.891. The molecule has 114 valence electrons. The Morgan fingerprint density at radius 3 is 1.55 bits per heavy atom. The van der Waals surface area contributed by atoms with Crippen LogP contribution >= 0.6 is 31.9 Å². The number of anilines is 1. The van der Waals surface area contributed by atoms with Crippen LogP contribution in [0.4, 0.5) is 5.69 Å². The van der Waals surface area contributed by atoms with Crippen LogP contribution in [0, 0.1) is 0 Å². The summed E-state index contributed by atoms with van der Waals surface area (Å²) >= 11 is 7.17. The predicted molar refractivity (Wildman–Crippen MR) is 97.9 cm³/mol. The van der Waals surface area contributed by atoms with Gasteiger partial charge in [-0.15, -0.1) is 0 Å². The van der Waals surface area contributed by atoms with Crippen LogP contribution in [0.5, 0.6) is 5.75 Å². The zero-order valence-electron chi connectivity index (χ0n) is 13.1. The second-order valence-electron chi connectivity index (χ2n) is 6.23. The molecule has 0 atom stereocenters. The van der Waals surface area contributed by atoms with Crippen LogP contribution in [0.2, 0.25) is 16.6 Å². The number of nitrogen functional groups attached to an aromatic ring is 1. The summed E-state index contributed by atoms with van der Waals surface area (Å²) in [6.45, 7) is 13.7. The van der Waals surface area contributed by atoms with Gasteiger partial charge in [0.1, 0.15) is 5.75 Å². The fourth-order valence-corrected chi connectivity index (χ4v) is 10.2. The van der Waals surface area contributed by atoms with Gasteiger partial charge in [-0.25, -0.2) is 0 Å². The van der Waals surface area contributed by atoms with Crippen molar-refractivity contribution in [1.29, 1.82) is 0 Å². The maximum atomic E-state index is 6.69. The Labute approximate surface area is 140 Å². The Morgan fingerprint density at radius 2 is 1.25 bits per heavy atom. The SMILES string of the molecule is CC(C)[Si](Oc1c(Br)cc(N)cc1Br)(C(C)C)C(C)C. The van der Waals surface area contributed by atoms with E-state index in [1.54, 1.807) is 0 Å². The van der Waals surface area contributed by atoms with E-state index in [1.807, 2.05) is 12.1 Å². The van der Waals surface area contributed by atoms with Crippen molar-refractivity contribution in [2.45, 2.75) is 58.2 Å². The quantitative estimate of drug-likeness (QED) is 0.443. The van der Waals surface area contributed by atoms with E-state index in [0.29, 0.717) is 16.6 Å². The molecule has 0 heterocycles. The average Bonchev–Trinajstić information content (AvgIpc) is 2.26. The second-order valence-corrected chi connectivity index (χ2v) is 13.3. The van der Waals surface area contributed by atoms with Crippen LogP contribution < -0.4 is 10.2 Å². The molecular weight excluding hydrogens is 398 g/mol. The molecule has 1 rings (SSSR count). The molecule has 2 N–H and O–H groups in total. The molecule has 1 aromatic carbocycles. The number of nitrogens with two attached hydrogens (primary N) is 1. The molecule has 0 radical (unpaired) electrons. The molecule has 0 unspecified atom stereocenters. The third-order valence-electron chi connectivity index (χ3n) is 4.01. The van der Waals surface area contributed by atoms with Crippen LogP contribution in [0.15, 0.2) is 21.1 Å². The maximum Gasteiger partial charge on any atom is 0.258 e. The maximum absolute atomic E-state index is 6.69. The highest BCUT2D eigenvalue weighted by molar-refractivity contribution is 9.11. The number of hydrogen-bond acceptors (Lipinski definition) is 2. The zero-order valence-corrected chi connectivity index (χ0v) is 17.3. The van der Waals surface area contributed by atoms with Crippen molar-refractivity contribution in [1.82, 2.24) is 0 Å². The third-order valence-corrected chi connectivity index (χ3v) is 11.2. The standard InChI is InChI=1S/C15H25Br2NOSi/c1-9(2)20(10(3)4,11(5)6)19-15-13(16)7-12(18)8-14(15)17/h7-11H,18H2,1-6H3. The van der Waals surface area contributed by atoms with Gasteiger partial charge in [0.05, 0.1) is 8.95 Å². The van der Waals surface area contributed by atoms with Crippen molar-refractivity contribution in [3.05, 3.63) is 21.1 Å². The summed E-state index contributed by atoms with van der Waals surface area (Å²) in [6.07, 6.45) is 0. The summed E-state index contributed by atoms with van der Waals surface area (Å²) in [5.41, 5.74) is 8.21. The third kappa shape index (κ3) is 3.42. The summed E-state index contributed by atoms with van der Waals surface area (Å²) in [5, 5.41) is 0. The number of benzene rings is 1. The molecule has 0 bridgehead atoms. The first kappa shape index (κ1) is 18.0. The van der Waals surface area contributed by atoms with E-state index in [-0.39, 0.29) is 0 Å². The fourth-order valence-electron chi connectivity index (χ4n) is 3.21. The van der Waals surface area contributed by atoms with Gasteiger partial charge < -0.3 is 10.2 Å². The highest BCUT2D eigenvalue weighted by atomic mass is 79.9. The first-order valence-corrected chi connectivity index (χ1v) is 10.8. The van der Waals surface area contributed by atoms with E-state index < -0.39 is 8.32 Å². The molecule has 0 spiro atoms. The number of rotatable bonds is 5. The van der Waals surface area contributed by atoms with Gasteiger partial charge in [0.25, 0.3) is 8.32 Å². The highest BCUT2D eigenvalue weighted by Crippen LogP contribution is 2.46. The van der Waals surface area contributed by atoms with Crippen LogP contribution in [0.1, 0.15) is 41.5 Å². The van der Waals surface area contributed by atoms with Gasteiger partial charge in [-0.05, 0) is 60.6 Å². The van der Waals surface area contributed by atoms with Crippen molar-refractivity contribution >= 4 is 45.9 Å². The first-order valence-electron chi connectivity index (χ1n) is 7.06. The van der Waals surface area contributed by atoms with Gasteiger partial charge in [0, 0.05) is 5.69 Å². The lowest BCUT2D eigenvalue weighted by molar-refractivity contribution is 0.475. The normalized spacial score (nSPS) is 12.6. The second kappa shape index (κ2) is 6.84. The molecule has 0 aromatic heterocycles. The first-order chi connectivity index (χ1) is 9.12. The van der Waals surface area contributed by atoms with Crippen LogP contribution in [-0.4, -0.2) is 8.32 Å². The summed E-state index contributed by atoms with van der Waals surface area (Å²) in [7, 11) is -1.95. The van der Waals surface area contributed by atoms with Gasteiger partial charge in [0.15, 0.2) is 0 Å². The Balaban J connectivity index is 3.34. The lowest BCUT2D eigenvalue weighted by Crippen LogP contribution is -2.50. The van der Waals surface area contributed by atoms with Crippen LogP contribution in [0.25, 0.3) is 0 Å². The molecular formula is C15H25Br2NOSi. The molecule has 0 saturated carbocycles. The van der Waals surface area contributed by atoms with Gasteiger partial charge >= 0.3 is 0 Å². The Kier molecular flexibility index (Phi) is 6.17. The van der Waals surface area contributed by atoms with Crippen molar-refractivity contribution in [2.24, 2.45) is 0 Å². The monoisotopic (exact) mass is 421 g/mol. The van der Waals surface area contributed by atoms with Gasteiger partial charge in [-0.1, -0.05) is 41.5 Å². The Bertz CT molecular complexity index is 430. The van der Waals surface area contributed by atoms with E-state index in [4.69, 9.17) is 10.2 Å². The van der Waals surface area contributed by atoms with Crippen LogP contribution in [0.3, 0.4) is 0 Å². The van der Waals surface area contributed by atoms with E-state index >= 15 is 0 Å². The fraction of sp³-hybridized carbons (Fsp3) is 0.600. The van der Waals surface area contributed by atoms with E-state index in [9.17, 15) is 0 Å². The minimum atomic E-state index is -1.95. The Morgan fingerprint density at radius 1 is 0.900 bits per heavy atom. The van der Waals surface area contributed by atoms with Gasteiger partial charge in [-0.3, -0.25) is 0 Å². The lowest BCUT2D eigenvalue weighted by Gasteiger charge is -2.42. The lowest BCUT2D eigenvalue weighted by atomic mass is 10.3. The number of halogens is 2. The van der Waals surface area contributed by atoms with E-state index in [0.717, 1.165) is 20.4 Å². The van der Waals surface area contributed by atoms with Gasteiger partial charge in [0.2, 0.25) is 0 Å². The summed E-state index contributed by atoms with van der Waals surface area (Å²) in [4.78, 5) is 0. The minimum Gasteiger partial charge on any atom is -0.541 e. The molecule has 0 aliphatic heterocycles. The smallest absolute Gasteiger partial charge is 0.258 e. The molecule has 0 saturated heterocycles.